The summed E-state index contributed by atoms with van der Waals surface area (Å²) in [5.41, 5.74) is 2.72. The summed E-state index contributed by atoms with van der Waals surface area (Å²) < 4.78 is 0. The lowest BCUT2D eigenvalue weighted by Gasteiger charge is -2.14. The Kier molecular flexibility index (Phi) is 4.83. The molecule has 0 fully saturated rings. The first-order chi connectivity index (χ1) is 12.5. The Hall–Kier alpha value is -3.42. The van der Waals surface area contributed by atoms with Crippen molar-refractivity contribution in [2.45, 2.75) is 20.4 Å². The summed E-state index contributed by atoms with van der Waals surface area (Å²) in [6, 6.07) is 9.48. The van der Waals surface area contributed by atoms with E-state index in [1.807, 2.05) is 12.1 Å². The molecule has 2 heterocycles. The topological polar surface area (TPSA) is 101 Å². The first kappa shape index (κ1) is 17.4. The largest absolute Gasteiger partial charge is 0.288 e. The zero-order valence-electron chi connectivity index (χ0n) is 14.4. The number of aliphatic imine (C=N–C) groups is 1. The van der Waals surface area contributed by atoms with Gasteiger partial charge in [0, 0.05) is 30.2 Å². The molecule has 0 saturated heterocycles. The van der Waals surface area contributed by atoms with Crippen LogP contribution in [-0.4, -0.2) is 27.2 Å². The second-order valence-corrected chi connectivity index (χ2v) is 5.92. The van der Waals surface area contributed by atoms with E-state index in [-0.39, 0.29) is 11.6 Å². The van der Waals surface area contributed by atoms with Crippen molar-refractivity contribution >= 4 is 28.7 Å². The lowest BCUT2D eigenvalue weighted by molar-refractivity contribution is -0.384. The summed E-state index contributed by atoms with van der Waals surface area (Å²) in [4.78, 5) is 31.6. The van der Waals surface area contributed by atoms with Crippen molar-refractivity contribution in [3.63, 3.8) is 0 Å². The van der Waals surface area contributed by atoms with Crippen LogP contribution in [0.3, 0.4) is 0 Å². The minimum absolute atomic E-state index is 0.0353. The van der Waals surface area contributed by atoms with Crippen LogP contribution in [0.15, 0.2) is 58.9 Å². The van der Waals surface area contributed by atoms with E-state index >= 15 is 0 Å². The van der Waals surface area contributed by atoms with E-state index in [9.17, 15) is 14.9 Å². The Balaban J connectivity index is 1.77. The zero-order chi connectivity index (χ0) is 18.7. The van der Waals surface area contributed by atoms with Crippen LogP contribution >= 0.6 is 0 Å². The molecule has 1 aromatic heterocycles. The monoisotopic (exact) mass is 351 g/mol. The highest BCUT2D eigenvalue weighted by Crippen LogP contribution is 2.26. The van der Waals surface area contributed by atoms with Crippen molar-refractivity contribution < 1.29 is 9.72 Å². The third-order valence-electron chi connectivity index (χ3n) is 4.09. The summed E-state index contributed by atoms with van der Waals surface area (Å²) in [5, 5.41) is 16.3. The highest BCUT2D eigenvalue weighted by molar-refractivity contribution is 6.27. The number of non-ortho nitro benzene ring substituents is 1. The minimum atomic E-state index is -0.526. The number of carbonyl (C=O) groups is 1. The molecule has 0 aliphatic carbocycles. The average molecular weight is 351 g/mol. The number of pyridine rings is 1. The van der Waals surface area contributed by atoms with Crippen molar-refractivity contribution in [3.05, 3.63) is 64.5 Å². The van der Waals surface area contributed by atoms with E-state index in [0.717, 1.165) is 5.56 Å². The predicted molar refractivity (Wildman–Crippen MR) is 98.2 cm³/mol. The summed E-state index contributed by atoms with van der Waals surface area (Å²) >= 11 is 0. The number of nitrogens with zero attached hydrogens (tertiary/aromatic N) is 5. The first-order valence-electron chi connectivity index (χ1n) is 8.00. The van der Waals surface area contributed by atoms with Gasteiger partial charge in [0.2, 0.25) is 0 Å². The van der Waals surface area contributed by atoms with Gasteiger partial charge in [-0.1, -0.05) is 6.07 Å². The maximum absolute atomic E-state index is 12.8. The van der Waals surface area contributed by atoms with Gasteiger partial charge in [-0.25, -0.2) is 0 Å². The fourth-order valence-corrected chi connectivity index (χ4v) is 2.75. The number of aromatic nitrogens is 1. The van der Waals surface area contributed by atoms with Gasteiger partial charge in [-0.2, -0.15) is 10.1 Å². The Labute approximate surface area is 150 Å². The molecule has 2 aromatic rings. The van der Waals surface area contributed by atoms with Gasteiger partial charge in [0.1, 0.15) is 5.92 Å². The molecule has 8 nitrogen and oxygen atoms in total. The van der Waals surface area contributed by atoms with Crippen molar-refractivity contribution in [3.8, 4) is 0 Å². The van der Waals surface area contributed by atoms with Gasteiger partial charge in [-0.15, -0.1) is 0 Å². The number of amides is 1. The van der Waals surface area contributed by atoms with E-state index in [2.05, 4.69) is 15.1 Å². The highest BCUT2D eigenvalue weighted by Gasteiger charge is 2.36. The lowest BCUT2D eigenvalue weighted by atomic mass is 9.99. The predicted octanol–water partition coefficient (Wildman–Crippen LogP) is 2.99. The molecule has 0 N–H and O–H groups in total. The third kappa shape index (κ3) is 3.49. The van der Waals surface area contributed by atoms with Gasteiger partial charge >= 0.3 is 0 Å². The molecule has 1 atom stereocenters. The van der Waals surface area contributed by atoms with Crippen molar-refractivity contribution in [2.24, 2.45) is 16.0 Å². The number of nitro benzene ring substituents is 1. The lowest BCUT2D eigenvalue weighted by Crippen LogP contribution is -2.31. The fourth-order valence-electron chi connectivity index (χ4n) is 2.75. The standard InChI is InChI=1S/C18H17N5O3/c1-12(20-11-14-4-3-9-19-10-14)17-13(2)21-22(18(17)24)15-5-7-16(8-6-15)23(25)26/h3-10,17H,11H2,1-2H3/t17-/m1/s1. The molecular formula is C18H17N5O3. The number of carbonyl (C=O) groups excluding carboxylic acids is 1. The van der Waals surface area contributed by atoms with E-state index in [1.54, 1.807) is 26.2 Å². The molecule has 1 aromatic carbocycles. The van der Waals surface area contributed by atoms with Gasteiger partial charge in [0.05, 0.1) is 22.9 Å². The molecule has 1 amide bonds. The van der Waals surface area contributed by atoms with Gasteiger partial charge in [-0.05, 0) is 37.6 Å². The molecule has 0 bridgehead atoms. The summed E-state index contributed by atoms with van der Waals surface area (Å²) in [6.45, 7) is 4.02. The molecule has 3 rings (SSSR count). The number of hydrogen-bond donors (Lipinski definition) is 0. The van der Waals surface area contributed by atoms with Gasteiger partial charge < -0.3 is 0 Å². The van der Waals surface area contributed by atoms with Gasteiger partial charge in [0.25, 0.3) is 11.6 Å². The zero-order valence-corrected chi connectivity index (χ0v) is 14.4. The van der Waals surface area contributed by atoms with Crippen LogP contribution in [0, 0.1) is 16.0 Å². The summed E-state index contributed by atoms with van der Waals surface area (Å²) in [7, 11) is 0. The van der Waals surface area contributed by atoms with E-state index < -0.39 is 10.8 Å². The molecule has 0 radical (unpaired) electrons. The number of hydrazone groups is 1. The second kappa shape index (κ2) is 7.22. The first-order valence-corrected chi connectivity index (χ1v) is 8.00. The number of hydrogen-bond acceptors (Lipinski definition) is 6. The van der Waals surface area contributed by atoms with E-state index in [4.69, 9.17) is 0 Å². The molecule has 26 heavy (non-hydrogen) atoms. The van der Waals surface area contributed by atoms with Crippen LogP contribution in [-0.2, 0) is 11.3 Å². The Morgan fingerprint density at radius 3 is 2.65 bits per heavy atom. The molecule has 1 aliphatic heterocycles. The van der Waals surface area contributed by atoms with Crippen molar-refractivity contribution in [1.29, 1.82) is 0 Å². The maximum atomic E-state index is 12.8. The van der Waals surface area contributed by atoms with Crippen LogP contribution in [0.4, 0.5) is 11.4 Å². The van der Waals surface area contributed by atoms with Crippen LogP contribution in [0.1, 0.15) is 19.4 Å². The summed E-state index contributed by atoms with van der Waals surface area (Å²) in [6.07, 6.45) is 3.43. The van der Waals surface area contributed by atoms with Crippen molar-refractivity contribution in [2.75, 3.05) is 5.01 Å². The molecular weight excluding hydrogens is 334 g/mol. The maximum Gasteiger partial charge on any atom is 0.269 e. The molecule has 0 unspecified atom stereocenters. The normalized spacial score (nSPS) is 17.4. The molecule has 0 saturated carbocycles. The van der Waals surface area contributed by atoms with E-state index in [0.29, 0.717) is 23.7 Å². The van der Waals surface area contributed by atoms with Crippen LogP contribution in [0.25, 0.3) is 0 Å². The Morgan fingerprint density at radius 1 is 1.31 bits per heavy atom. The van der Waals surface area contributed by atoms with E-state index in [1.165, 1.54) is 29.3 Å². The van der Waals surface area contributed by atoms with Gasteiger partial charge in [0.15, 0.2) is 0 Å². The quantitative estimate of drug-likeness (QED) is 0.469. The van der Waals surface area contributed by atoms with Crippen LogP contribution in [0.2, 0.25) is 0 Å². The van der Waals surface area contributed by atoms with Crippen LogP contribution < -0.4 is 5.01 Å². The molecule has 0 spiro atoms. The smallest absolute Gasteiger partial charge is 0.269 e. The van der Waals surface area contributed by atoms with Crippen molar-refractivity contribution in [1.82, 2.24) is 4.98 Å². The molecule has 1 aliphatic rings. The highest BCUT2D eigenvalue weighted by atomic mass is 16.6. The number of rotatable bonds is 5. The molecule has 132 valence electrons. The molecule has 8 heteroatoms. The number of benzene rings is 1. The Bertz CT molecular complexity index is 891. The average Bonchev–Trinajstić information content (AvgIpc) is 2.95. The van der Waals surface area contributed by atoms with Gasteiger partial charge in [-0.3, -0.25) is 24.9 Å². The minimum Gasteiger partial charge on any atom is -0.288 e. The SMILES string of the molecule is CC(=NCc1cccnc1)[C@H]1C(=O)N(c2ccc([N+](=O)[O-])cc2)N=C1C. The second-order valence-electron chi connectivity index (χ2n) is 5.92. The number of nitro groups is 1. The van der Waals surface area contributed by atoms with Crippen LogP contribution in [0.5, 0.6) is 0 Å². The third-order valence-corrected chi connectivity index (χ3v) is 4.09. The Morgan fingerprint density at radius 2 is 2.04 bits per heavy atom. The number of anilines is 1. The fraction of sp³-hybridized carbons (Fsp3) is 0.222. The summed E-state index contributed by atoms with van der Waals surface area (Å²) in [5.74, 6) is -0.745.